The Morgan fingerprint density at radius 3 is 2.40 bits per heavy atom. The van der Waals surface area contributed by atoms with Crippen LogP contribution in [0.3, 0.4) is 0 Å². The van der Waals surface area contributed by atoms with E-state index in [9.17, 15) is 9.59 Å². The molecule has 3 rings (SSSR count). The molecule has 0 spiro atoms. The van der Waals surface area contributed by atoms with E-state index in [1.54, 1.807) is 24.3 Å². The van der Waals surface area contributed by atoms with Crippen molar-refractivity contribution < 1.29 is 9.59 Å². The van der Waals surface area contributed by atoms with Crippen molar-refractivity contribution >= 4 is 46.6 Å². The fourth-order valence-corrected chi connectivity index (χ4v) is 4.03. The molecule has 0 aliphatic rings. The summed E-state index contributed by atoms with van der Waals surface area (Å²) in [5, 5.41) is 6.68. The van der Waals surface area contributed by atoms with Crippen LogP contribution in [0.5, 0.6) is 0 Å². The van der Waals surface area contributed by atoms with Crippen molar-refractivity contribution in [2.75, 3.05) is 16.4 Å². The number of carbonyl (C=O) groups excluding carboxylic acids is 2. The second kappa shape index (κ2) is 9.78. The summed E-state index contributed by atoms with van der Waals surface area (Å²) >= 11 is 7.32. The van der Waals surface area contributed by atoms with E-state index >= 15 is 0 Å². The van der Waals surface area contributed by atoms with Gasteiger partial charge in [0.2, 0.25) is 5.91 Å². The van der Waals surface area contributed by atoms with Gasteiger partial charge in [-0.3, -0.25) is 9.59 Å². The summed E-state index contributed by atoms with van der Waals surface area (Å²) in [6.45, 7) is 5.72. The van der Waals surface area contributed by atoms with E-state index in [4.69, 9.17) is 11.6 Å². The molecule has 0 unspecified atom stereocenters. The van der Waals surface area contributed by atoms with E-state index in [-0.39, 0.29) is 17.6 Å². The van der Waals surface area contributed by atoms with Crippen LogP contribution >= 0.6 is 23.4 Å². The Morgan fingerprint density at radius 2 is 1.70 bits per heavy atom. The number of amides is 2. The zero-order chi connectivity index (χ0) is 21.7. The van der Waals surface area contributed by atoms with Gasteiger partial charge in [-0.1, -0.05) is 53.2 Å². The first-order chi connectivity index (χ1) is 14.3. The molecule has 3 aromatic rings. The molecular weight excluding hydrogens is 418 g/mol. The SMILES string of the molecule is Cc1ccc(NC(=O)c2c(C)cc(C)nc2SCC(=O)Nc2ccccc2Cl)cc1. The summed E-state index contributed by atoms with van der Waals surface area (Å²) in [6.07, 6.45) is 0. The van der Waals surface area contributed by atoms with Crippen molar-refractivity contribution in [1.82, 2.24) is 4.98 Å². The fraction of sp³-hybridized carbons (Fsp3) is 0.174. The quantitative estimate of drug-likeness (QED) is 0.487. The standard InChI is InChI=1S/C23H22ClN3O2S/c1-14-8-10-17(11-9-14)26-22(29)21-15(2)12-16(3)25-23(21)30-13-20(28)27-19-7-5-4-6-18(19)24/h4-12H,13H2,1-3H3,(H,26,29)(H,27,28). The first kappa shape index (κ1) is 21.9. The molecule has 1 aromatic heterocycles. The average Bonchev–Trinajstić information content (AvgIpc) is 2.69. The summed E-state index contributed by atoms with van der Waals surface area (Å²) in [6, 6.07) is 16.5. The number of thioether (sulfide) groups is 1. The molecule has 7 heteroatoms. The first-order valence-corrected chi connectivity index (χ1v) is 10.7. The Hall–Kier alpha value is -2.83. The molecule has 0 saturated carbocycles. The molecule has 0 fully saturated rings. The van der Waals surface area contributed by atoms with Gasteiger partial charge >= 0.3 is 0 Å². The minimum absolute atomic E-state index is 0.103. The maximum Gasteiger partial charge on any atom is 0.258 e. The highest BCUT2D eigenvalue weighted by Crippen LogP contribution is 2.26. The summed E-state index contributed by atoms with van der Waals surface area (Å²) in [5.74, 6) is -0.372. The zero-order valence-corrected chi connectivity index (χ0v) is 18.5. The molecule has 154 valence electrons. The third-order valence-corrected chi connectivity index (χ3v) is 5.64. The molecule has 2 aromatic carbocycles. The number of pyridine rings is 1. The normalized spacial score (nSPS) is 10.5. The van der Waals surface area contributed by atoms with Crippen LogP contribution < -0.4 is 10.6 Å². The lowest BCUT2D eigenvalue weighted by Gasteiger charge is -2.13. The van der Waals surface area contributed by atoms with Gasteiger partial charge in [-0.25, -0.2) is 4.98 Å². The average molecular weight is 440 g/mol. The van der Waals surface area contributed by atoms with Crippen LogP contribution in [0.2, 0.25) is 5.02 Å². The number of aromatic nitrogens is 1. The van der Waals surface area contributed by atoms with E-state index in [1.165, 1.54) is 11.8 Å². The molecule has 0 atom stereocenters. The molecule has 2 N–H and O–H groups in total. The monoisotopic (exact) mass is 439 g/mol. The van der Waals surface area contributed by atoms with Crippen LogP contribution in [-0.4, -0.2) is 22.6 Å². The Balaban J connectivity index is 1.75. The number of carbonyl (C=O) groups is 2. The highest BCUT2D eigenvalue weighted by Gasteiger charge is 2.19. The van der Waals surface area contributed by atoms with E-state index in [1.807, 2.05) is 51.1 Å². The highest BCUT2D eigenvalue weighted by atomic mass is 35.5. The Labute approximate surface area is 185 Å². The number of nitrogens with one attached hydrogen (secondary N) is 2. The molecule has 0 aliphatic carbocycles. The second-order valence-electron chi connectivity index (χ2n) is 6.90. The van der Waals surface area contributed by atoms with Crippen molar-refractivity contribution in [2.24, 2.45) is 0 Å². The fourth-order valence-electron chi connectivity index (χ4n) is 2.90. The minimum atomic E-state index is -0.252. The number of anilines is 2. The highest BCUT2D eigenvalue weighted by molar-refractivity contribution is 8.00. The van der Waals surface area contributed by atoms with Gasteiger partial charge in [0.25, 0.3) is 5.91 Å². The first-order valence-electron chi connectivity index (χ1n) is 9.37. The number of para-hydroxylation sites is 1. The van der Waals surface area contributed by atoms with E-state index in [0.717, 1.165) is 16.8 Å². The van der Waals surface area contributed by atoms with Crippen LogP contribution in [0.25, 0.3) is 0 Å². The van der Waals surface area contributed by atoms with Crippen molar-refractivity contribution in [3.05, 3.63) is 82.0 Å². The van der Waals surface area contributed by atoms with Gasteiger partial charge in [0.15, 0.2) is 0 Å². The molecule has 5 nitrogen and oxygen atoms in total. The van der Waals surface area contributed by atoms with Crippen LogP contribution in [0.1, 0.15) is 27.2 Å². The number of hydrogen-bond acceptors (Lipinski definition) is 4. The number of nitrogens with zero attached hydrogens (tertiary/aromatic N) is 1. The van der Waals surface area contributed by atoms with Gasteiger partial charge in [-0.05, 0) is 56.7 Å². The van der Waals surface area contributed by atoms with Crippen LogP contribution in [0.15, 0.2) is 59.6 Å². The molecule has 0 aliphatic heterocycles. The summed E-state index contributed by atoms with van der Waals surface area (Å²) < 4.78 is 0. The second-order valence-corrected chi connectivity index (χ2v) is 8.27. The minimum Gasteiger partial charge on any atom is -0.324 e. The zero-order valence-electron chi connectivity index (χ0n) is 17.0. The lowest BCUT2D eigenvalue weighted by atomic mass is 10.1. The molecule has 2 amide bonds. The molecule has 30 heavy (non-hydrogen) atoms. The molecule has 0 bridgehead atoms. The number of hydrogen-bond donors (Lipinski definition) is 2. The Kier molecular flexibility index (Phi) is 7.13. The van der Waals surface area contributed by atoms with Gasteiger partial charge in [-0.2, -0.15) is 0 Å². The van der Waals surface area contributed by atoms with Crippen molar-refractivity contribution in [3.63, 3.8) is 0 Å². The van der Waals surface area contributed by atoms with Gasteiger partial charge in [0.1, 0.15) is 5.03 Å². The van der Waals surface area contributed by atoms with Crippen molar-refractivity contribution in [2.45, 2.75) is 25.8 Å². The number of halogens is 1. The smallest absolute Gasteiger partial charge is 0.258 e. The summed E-state index contributed by atoms with van der Waals surface area (Å²) in [4.78, 5) is 29.8. The molecule has 1 heterocycles. The molecule has 0 saturated heterocycles. The van der Waals surface area contributed by atoms with E-state index in [0.29, 0.717) is 27.0 Å². The maximum atomic E-state index is 12.9. The third kappa shape index (κ3) is 5.62. The van der Waals surface area contributed by atoms with Crippen molar-refractivity contribution in [3.8, 4) is 0 Å². The van der Waals surface area contributed by atoms with Gasteiger partial charge < -0.3 is 10.6 Å². The van der Waals surface area contributed by atoms with E-state index in [2.05, 4.69) is 15.6 Å². The van der Waals surface area contributed by atoms with Gasteiger partial charge in [-0.15, -0.1) is 0 Å². The lowest BCUT2D eigenvalue weighted by Crippen LogP contribution is -2.18. The number of benzene rings is 2. The van der Waals surface area contributed by atoms with Gasteiger partial charge in [0.05, 0.1) is 22.0 Å². The largest absolute Gasteiger partial charge is 0.324 e. The lowest BCUT2D eigenvalue weighted by molar-refractivity contribution is -0.113. The third-order valence-electron chi connectivity index (χ3n) is 4.34. The van der Waals surface area contributed by atoms with E-state index < -0.39 is 0 Å². The van der Waals surface area contributed by atoms with Crippen molar-refractivity contribution in [1.29, 1.82) is 0 Å². The maximum absolute atomic E-state index is 12.9. The summed E-state index contributed by atoms with van der Waals surface area (Å²) in [7, 11) is 0. The predicted molar refractivity (Wildman–Crippen MR) is 124 cm³/mol. The predicted octanol–water partition coefficient (Wildman–Crippen LogP) is 5.64. The van der Waals surface area contributed by atoms with Crippen LogP contribution in [-0.2, 0) is 4.79 Å². The van der Waals surface area contributed by atoms with Crippen LogP contribution in [0.4, 0.5) is 11.4 Å². The molecule has 0 radical (unpaired) electrons. The number of rotatable bonds is 6. The Morgan fingerprint density at radius 1 is 1.00 bits per heavy atom. The summed E-state index contributed by atoms with van der Waals surface area (Å²) in [5.41, 5.74) is 4.43. The van der Waals surface area contributed by atoms with Crippen LogP contribution in [0, 0.1) is 20.8 Å². The topological polar surface area (TPSA) is 71.1 Å². The van der Waals surface area contributed by atoms with Gasteiger partial charge in [0, 0.05) is 11.4 Å². The Bertz CT molecular complexity index is 1080. The number of aryl methyl sites for hydroxylation is 3. The molecular formula is C23H22ClN3O2S.